The van der Waals surface area contributed by atoms with E-state index in [2.05, 4.69) is 24.0 Å². The van der Waals surface area contributed by atoms with Gasteiger partial charge in [-0.2, -0.15) is 5.10 Å². The molecule has 3 nitrogen and oxygen atoms in total. The number of furan rings is 1. The summed E-state index contributed by atoms with van der Waals surface area (Å²) in [5, 5.41) is 7.84. The van der Waals surface area contributed by atoms with Crippen molar-refractivity contribution in [3.63, 3.8) is 0 Å². The lowest BCUT2D eigenvalue weighted by molar-refractivity contribution is 0.578. The van der Waals surface area contributed by atoms with E-state index in [0.29, 0.717) is 5.92 Å². The molecule has 3 rings (SSSR count). The smallest absolute Gasteiger partial charge is 0.134 e. The standard InChI is InChI=1S/C9H8O.C7H12N2.C2H6/c1-7-6-8-4-2-3-5-9(8)10-7;1-3-6(2)7-4-8-9-5-7;1-2/h2-6H,1H3;4-6H,3H2,1-2H3,(H,8,9);1-2H3. The van der Waals surface area contributed by atoms with Gasteiger partial charge in [0.05, 0.1) is 6.20 Å². The Morgan fingerprint density at radius 1 is 1.24 bits per heavy atom. The maximum atomic E-state index is 5.37. The second-order valence-electron chi connectivity index (χ2n) is 4.74. The Hall–Kier alpha value is -2.03. The van der Waals surface area contributed by atoms with Crippen molar-refractivity contribution in [1.82, 2.24) is 10.2 Å². The number of rotatable bonds is 2. The summed E-state index contributed by atoms with van der Waals surface area (Å²) in [6, 6.07) is 10.0. The van der Waals surface area contributed by atoms with E-state index in [4.69, 9.17) is 4.42 Å². The minimum absolute atomic E-state index is 0.642. The van der Waals surface area contributed by atoms with Crippen LogP contribution in [-0.2, 0) is 0 Å². The highest BCUT2D eigenvalue weighted by atomic mass is 16.3. The second-order valence-corrected chi connectivity index (χ2v) is 4.74. The van der Waals surface area contributed by atoms with E-state index in [-0.39, 0.29) is 0 Å². The van der Waals surface area contributed by atoms with Crippen molar-refractivity contribution in [3.05, 3.63) is 54.0 Å². The lowest BCUT2D eigenvalue weighted by Gasteiger charge is -2.01. The molecule has 0 radical (unpaired) electrons. The summed E-state index contributed by atoms with van der Waals surface area (Å²) in [5.41, 5.74) is 2.28. The predicted octanol–water partition coefficient (Wildman–Crippen LogP) is 5.69. The molecule has 2 aromatic heterocycles. The highest BCUT2D eigenvalue weighted by molar-refractivity contribution is 5.77. The first-order valence-corrected chi connectivity index (χ1v) is 7.64. The zero-order valence-electron chi connectivity index (χ0n) is 13.7. The van der Waals surface area contributed by atoms with Crippen LogP contribution >= 0.6 is 0 Å². The molecule has 2 heterocycles. The summed E-state index contributed by atoms with van der Waals surface area (Å²) < 4.78 is 5.37. The summed E-state index contributed by atoms with van der Waals surface area (Å²) in [5.74, 6) is 1.62. The first-order valence-electron chi connectivity index (χ1n) is 7.64. The van der Waals surface area contributed by atoms with Crippen LogP contribution in [0.25, 0.3) is 11.0 Å². The minimum atomic E-state index is 0.642. The monoisotopic (exact) mass is 286 g/mol. The van der Waals surface area contributed by atoms with Gasteiger partial charge in [0.25, 0.3) is 0 Å². The molecule has 1 N–H and O–H groups in total. The van der Waals surface area contributed by atoms with E-state index in [1.54, 1.807) is 0 Å². The number of hydrogen-bond donors (Lipinski definition) is 1. The lowest BCUT2D eigenvalue weighted by atomic mass is 10.0. The molecule has 0 aliphatic heterocycles. The molecular formula is C18H26N2O. The number of aromatic amines is 1. The van der Waals surface area contributed by atoms with E-state index in [0.717, 1.165) is 11.3 Å². The fourth-order valence-corrected chi connectivity index (χ4v) is 1.88. The number of benzene rings is 1. The quantitative estimate of drug-likeness (QED) is 0.657. The summed E-state index contributed by atoms with van der Waals surface area (Å²) in [6.45, 7) is 10.3. The molecule has 114 valence electrons. The number of nitrogens with zero attached hydrogens (tertiary/aromatic N) is 1. The molecule has 0 spiro atoms. The Balaban J connectivity index is 0.000000189. The van der Waals surface area contributed by atoms with Crippen molar-refractivity contribution in [2.24, 2.45) is 0 Å². The molecule has 0 bridgehead atoms. The van der Waals surface area contributed by atoms with Crippen LogP contribution in [0, 0.1) is 6.92 Å². The van der Waals surface area contributed by atoms with Gasteiger partial charge in [-0.1, -0.05) is 45.9 Å². The first kappa shape index (κ1) is 17.0. The maximum absolute atomic E-state index is 5.37. The summed E-state index contributed by atoms with van der Waals surface area (Å²) >= 11 is 0. The van der Waals surface area contributed by atoms with Crippen LogP contribution in [0.5, 0.6) is 0 Å². The Morgan fingerprint density at radius 2 is 1.95 bits per heavy atom. The highest BCUT2D eigenvalue weighted by Crippen LogP contribution is 2.17. The van der Waals surface area contributed by atoms with Crippen molar-refractivity contribution < 1.29 is 4.42 Å². The van der Waals surface area contributed by atoms with E-state index in [9.17, 15) is 0 Å². The molecule has 0 aliphatic carbocycles. The first-order chi connectivity index (χ1) is 10.2. The Morgan fingerprint density at radius 3 is 2.52 bits per heavy atom. The van der Waals surface area contributed by atoms with Gasteiger partial charge in [-0.25, -0.2) is 0 Å². The van der Waals surface area contributed by atoms with Crippen molar-refractivity contribution in [3.8, 4) is 0 Å². The third kappa shape index (κ3) is 5.10. The number of aromatic nitrogens is 2. The molecule has 21 heavy (non-hydrogen) atoms. The molecule has 1 aromatic carbocycles. The van der Waals surface area contributed by atoms with Crippen LogP contribution in [0.3, 0.4) is 0 Å². The Labute approximate surface area is 127 Å². The van der Waals surface area contributed by atoms with E-state index in [1.165, 1.54) is 17.4 Å². The normalized spacial score (nSPS) is 11.1. The fourth-order valence-electron chi connectivity index (χ4n) is 1.88. The van der Waals surface area contributed by atoms with Gasteiger partial charge in [-0.05, 0) is 37.0 Å². The van der Waals surface area contributed by atoms with Crippen molar-refractivity contribution in [1.29, 1.82) is 0 Å². The molecule has 1 unspecified atom stereocenters. The number of nitrogens with one attached hydrogen (secondary N) is 1. The zero-order chi connectivity index (χ0) is 15.7. The van der Waals surface area contributed by atoms with Gasteiger partial charge in [0, 0.05) is 11.6 Å². The molecule has 0 amide bonds. The van der Waals surface area contributed by atoms with Gasteiger partial charge in [0.1, 0.15) is 11.3 Å². The van der Waals surface area contributed by atoms with E-state index < -0.39 is 0 Å². The molecule has 1 atom stereocenters. The van der Waals surface area contributed by atoms with Crippen LogP contribution in [-0.4, -0.2) is 10.2 Å². The zero-order valence-corrected chi connectivity index (χ0v) is 13.7. The van der Waals surface area contributed by atoms with Crippen molar-refractivity contribution >= 4 is 11.0 Å². The van der Waals surface area contributed by atoms with Crippen LogP contribution in [0.15, 0.2) is 47.1 Å². The van der Waals surface area contributed by atoms with Gasteiger partial charge in [-0.15, -0.1) is 0 Å². The fraction of sp³-hybridized carbons (Fsp3) is 0.389. The van der Waals surface area contributed by atoms with Gasteiger partial charge in [0.2, 0.25) is 0 Å². The number of H-pyrrole nitrogens is 1. The second kappa shape index (κ2) is 9.01. The summed E-state index contributed by atoms with van der Waals surface area (Å²) in [7, 11) is 0. The minimum Gasteiger partial charge on any atom is -0.461 e. The summed E-state index contributed by atoms with van der Waals surface area (Å²) in [6.07, 6.45) is 5.02. The molecular weight excluding hydrogens is 260 g/mol. The predicted molar refractivity (Wildman–Crippen MR) is 89.6 cm³/mol. The molecule has 0 saturated heterocycles. The average molecular weight is 286 g/mol. The average Bonchev–Trinajstić information content (AvgIpc) is 3.17. The largest absolute Gasteiger partial charge is 0.461 e. The third-order valence-corrected chi connectivity index (χ3v) is 3.25. The number of fused-ring (bicyclic) bond motifs is 1. The number of para-hydroxylation sites is 1. The van der Waals surface area contributed by atoms with Crippen LogP contribution in [0.1, 0.15) is 51.4 Å². The molecule has 3 aromatic rings. The van der Waals surface area contributed by atoms with Gasteiger partial charge < -0.3 is 4.42 Å². The van der Waals surface area contributed by atoms with Gasteiger partial charge in [0.15, 0.2) is 0 Å². The van der Waals surface area contributed by atoms with Crippen molar-refractivity contribution in [2.45, 2.75) is 47.0 Å². The Bertz CT molecular complexity index is 578. The topological polar surface area (TPSA) is 41.8 Å². The van der Waals surface area contributed by atoms with Crippen LogP contribution in [0.4, 0.5) is 0 Å². The van der Waals surface area contributed by atoms with Gasteiger partial charge >= 0.3 is 0 Å². The summed E-state index contributed by atoms with van der Waals surface area (Å²) in [4.78, 5) is 0. The van der Waals surface area contributed by atoms with E-state index >= 15 is 0 Å². The SMILES string of the molecule is CC.CCC(C)c1cn[nH]c1.Cc1cc2ccccc2o1. The third-order valence-electron chi connectivity index (χ3n) is 3.25. The molecule has 3 heteroatoms. The maximum Gasteiger partial charge on any atom is 0.134 e. The van der Waals surface area contributed by atoms with E-state index in [1.807, 2.05) is 63.5 Å². The Kier molecular flexibility index (Phi) is 7.30. The molecule has 0 saturated carbocycles. The van der Waals surface area contributed by atoms with Gasteiger partial charge in [-0.3, -0.25) is 5.10 Å². The van der Waals surface area contributed by atoms with Crippen molar-refractivity contribution in [2.75, 3.05) is 0 Å². The lowest BCUT2D eigenvalue weighted by Crippen LogP contribution is -1.86. The number of hydrogen-bond acceptors (Lipinski definition) is 2. The highest BCUT2D eigenvalue weighted by Gasteiger charge is 2.01. The molecule has 0 fully saturated rings. The van der Waals surface area contributed by atoms with Crippen LogP contribution in [0.2, 0.25) is 0 Å². The number of aryl methyl sites for hydroxylation is 1. The van der Waals surface area contributed by atoms with Crippen LogP contribution < -0.4 is 0 Å². The molecule has 0 aliphatic rings.